The maximum atomic E-state index is 8.05. The Bertz CT molecular complexity index is 72.2. The molecule has 0 saturated carbocycles. The molecule has 7 heavy (non-hydrogen) atoms. The molecule has 1 radical (unpaired) electrons. The van der Waals surface area contributed by atoms with Crippen LogP contribution in [0.3, 0.4) is 0 Å². The van der Waals surface area contributed by atoms with Gasteiger partial charge in [-0.3, -0.25) is 0 Å². The van der Waals surface area contributed by atoms with Gasteiger partial charge in [0.2, 0.25) is 0 Å². The first-order chi connectivity index (χ1) is 3.41. The molecule has 0 amide bonds. The molecule has 1 heteroatoms. The molecule has 0 aliphatic heterocycles. The van der Waals surface area contributed by atoms with Crippen LogP contribution in [-0.4, -0.2) is 5.11 Å². The molecule has 0 aliphatic carbocycles. The third-order valence-corrected chi connectivity index (χ3v) is 0.501. The summed E-state index contributed by atoms with van der Waals surface area (Å²) in [6, 6.07) is 0. The summed E-state index contributed by atoms with van der Waals surface area (Å²) >= 11 is 0. The molecule has 0 spiro atoms. The summed E-state index contributed by atoms with van der Waals surface area (Å²) in [5.74, 6) is 0. The van der Waals surface area contributed by atoms with Gasteiger partial charge in [-0.15, -0.1) is 0 Å². The van der Waals surface area contributed by atoms with Crippen LogP contribution in [0.25, 0.3) is 0 Å². The van der Waals surface area contributed by atoms with Gasteiger partial charge >= 0.3 is 0 Å². The Labute approximate surface area is 44.0 Å². The summed E-state index contributed by atoms with van der Waals surface area (Å²) in [6.07, 6.45) is 7.03. The van der Waals surface area contributed by atoms with Crippen molar-refractivity contribution >= 4 is 0 Å². The van der Waals surface area contributed by atoms with Gasteiger partial charge in [0.1, 0.15) is 6.61 Å². The molecular weight excluding hydrogens is 88.1 g/mol. The van der Waals surface area contributed by atoms with Crippen molar-refractivity contribution < 1.29 is 5.11 Å². The molecule has 0 bridgehead atoms. The molecule has 1 N–H and O–H groups in total. The summed E-state index contributed by atoms with van der Waals surface area (Å²) < 4.78 is 0. The average Bonchev–Trinajstić information content (AvgIpc) is 1.69. The predicted molar refractivity (Wildman–Crippen MR) is 30.2 cm³/mol. The maximum Gasteiger partial charge on any atom is 0.102 e. The van der Waals surface area contributed by atoms with E-state index in [9.17, 15) is 0 Å². The molecular formula is C6H9O. The zero-order valence-corrected chi connectivity index (χ0v) is 4.33. The summed E-state index contributed by atoms with van der Waals surface area (Å²) in [5, 5.41) is 8.05. The molecule has 0 heterocycles. The lowest BCUT2D eigenvalue weighted by Gasteiger charge is -1.69. The van der Waals surface area contributed by atoms with Crippen molar-refractivity contribution in [2.75, 3.05) is 0 Å². The minimum Gasteiger partial charge on any atom is -0.386 e. The lowest BCUT2D eigenvalue weighted by Crippen LogP contribution is -1.56. The van der Waals surface area contributed by atoms with E-state index in [0.29, 0.717) is 0 Å². The minimum absolute atomic E-state index is 1.00. The van der Waals surface area contributed by atoms with Gasteiger partial charge in [0, 0.05) is 0 Å². The topological polar surface area (TPSA) is 20.2 Å². The van der Waals surface area contributed by atoms with Crippen LogP contribution in [0, 0.1) is 6.61 Å². The van der Waals surface area contributed by atoms with Gasteiger partial charge < -0.3 is 5.11 Å². The Kier molecular flexibility index (Phi) is 5.00. The normalized spacial score (nSPS) is 11.7. The zero-order chi connectivity index (χ0) is 5.54. The maximum absolute atomic E-state index is 8.05. The SMILES string of the molecule is C/C=C/C=C/[CH]O. The third-order valence-electron chi connectivity index (χ3n) is 0.501. The van der Waals surface area contributed by atoms with Gasteiger partial charge in [-0.05, 0) is 6.92 Å². The molecule has 0 aromatic carbocycles. The van der Waals surface area contributed by atoms with Crippen molar-refractivity contribution in [3.05, 3.63) is 30.9 Å². The van der Waals surface area contributed by atoms with E-state index < -0.39 is 0 Å². The van der Waals surface area contributed by atoms with Crippen molar-refractivity contribution in [2.24, 2.45) is 0 Å². The van der Waals surface area contributed by atoms with Crippen LogP contribution < -0.4 is 0 Å². The number of allylic oxidation sites excluding steroid dienone is 3. The number of hydrogen-bond donors (Lipinski definition) is 1. The zero-order valence-electron chi connectivity index (χ0n) is 4.33. The lowest BCUT2D eigenvalue weighted by molar-refractivity contribution is 0.421. The standard InChI is InChI=1S/C6H9O/c1-2-3-4-5-6-7/h2-7H,1H3/b3-2+,5-4+. The van der Waals surface area contributed by atoms with Crippen molar-refractivity contribution in [1.29, 1.82) is 0 Å². The largest absolute Gasteiger partial charge is 0.386 e. The highest BCUT2D eigenvalue weighted by Crippen LogP contribution is 1.75. The van der Waals surface area contributed by atoms with E-state index >= 15 is 0 Å². The quantitative estimate of drug-likeness (QED) is 0.519. The molecule has 0 aromatic rings. The number of hydrogen-bond acceptors (Lipinski definition) is 1. The first-order valence-electron chi connectivity index (χ1n) is 2.17. The van der Waals surface area contributed by atoms with Gasteiger partial charge in [-0.25, -0.2) is 0 Å². The summed E-state index contributed by atoms with van der Waals surface area (Å²) in [4.78, 5) is 0. The average molecular weight is 97.1 g/mol. The fraction of sp³-hybridized carbons (Fsp3) is 0.167. The van der Waals surface area contributed by atoms with Gasteiger partial charge in [0.05, 0.1) is 0 Å². The molecule has 0 rings (SSSR count). The smallest absolute Gasteiger partial charge is 0.102 e. The van der Waals surface area contributed by atoms with Gasteiger partial charge in [-0.1, -0.05) is 24.3 Å². The second kappa shape index (κ2) is 5.44. The van der Waals surface area contributed by atoms with Crippen LogP contribution in [0.2, 0.25) is 0 Å². The summed E-state index contributed by atoms with van der Waals surface area (Å²) in [7, 11) is 0. The molecule has 0 aromatic heterocycles. The van der Waals surface area contributed by atoms with Gasteiger partial charge in [0.25, 0.3) is 0 Å². The van der Waals surface area contributed by atoms with E-state index in [2.05, 4.69) is 0 Å². The molecule has 39 valence electrons. The number of rotatable bonds is 2. The van der Waals surface area contributed by atoms with E-state index in [-0.39, 0.29) is 0 Å². The first-order valence-corrected chi connectivity index (χ1v) is 2.17. The van der Waals surface area contributed by atoms with E-state index in [1.165, 1.54) is 0 Å². The minimum atomic E-state index is 1.00. The molecule has 0 saturated heterocycles. The van der Waals surface area contributed by atoms with Crippen LogP contribution >= 0.6 is 0 Å². The highest BCUT2D eigenvalue weighted by atomic mass is 16.2. The Hall–Kier alpha value is -0.560. The monoisotopic (exact) mass is 97.1 g/mol. The van der Waals surface area contributed by atoms with Crippen LogP contribution in [-0.2, 0) is 0 Å². The fourth-order valence-corrected chi connectivity index (χ4v) is 0.225. The van der Waals surface area contributed by atoms with E-state index in [1.807, 2.05) is 19.1 Å². The van der Waals surface area contributed by atoms with Crippen molar-refractivity contribution in [2.45, 2.75) is 6.92 Å². The molecule has 0 atom stereocenters. The van der Waals surface area contributed by atoms with Crippen molar-refractivity contribution in [1.82, 2.24) is 0 Å². The lowest BCUT2D eigenvalue weighted by atomic mass is 10.4. The molecule has 0 fully saturated rings. The van der Waals surface area contributed by atoms with E-state index in [0.717, 1.165) is 6.61 Å². The second-order valence-electron chi connectivity index (χ2n) is 1.06. The Morgan fingerprint density at radius 3 is 2.29 bits per heavy atom. The third kappa shape index (κ3) is 5.44. The number of aliphatic hydroxyl groups excluding tert-OH is 1. The molecule has 0 unspecified atom stereocenters. The van der Waals surface area contributed by atoms with E-state index in [1.54, 1.807) is 12.2 Å². The fourth-order valence-electron chi connectivity index (χ4n) is 0.225. The first kappa shape index (κ1) is 6.44. The van der Waals surface area contributed by atoms with Gasteiger partial charge in [0.15, 0.2) is 0 Å². The van der Waals surface area contributed by atoms with Crippen molar-refractivity contribution in [3.63, 3.8) is 0 Å². The van der Waals surface area contributed by atoms with E-state index in [4.69, 9.17) is 5.11 Å². The Morgan fingerprint density at radius 2 is 1.86 bits per heavy atom. The second-order valence-corrected chi connectivity index (χ2v) is 1.06. The highest BCUT2D eigenvalue weighted by Gasteiger charge is 1.59. The van der Waals surface area contributed by atoms with Crippen LogP contribution in [0.15, 0.2) is 24.3 Å². The van der Waals surface area contributed by atoms with Crippen LogP contribution in [0.1, 0.15) is 6.92 Å². The molecule has 0 aliphatic rings. The molecule has 1 nitrogen and oxygen atoms in total. The summed E-state index contributed by atoms with van der Waals surface area (Å²) in [5.41, 5.74) is 0. The Morgan fingerprint density at radius 1 is 1.14 bits per heavy atom. The van der Waals surface area contributed by atoms with Gasteiger partial charge in [-0.2, -0.15) is 0 Å². The Balaban J connectivity index is 3.09. The summed E-state index contributed by atoms with van der Waals surface area (Å²) in [6.45, 7) is 2.92. The predicted octanol–water partition coefficient (Wildman–Crippen LogP) is 1.65. The van der Waals surface area contributed by atoms with Crippen LogP contribution in [0.5, 0.6) is 0 Å². The van der Waals surface area contributed by atoms with Crippen molar-refractivity contribution in [3.8, 4) is 0 Å². The number of aliphatic hydroxyl groups is 1. The highest BCUT2D eigenvalue weighted by molar-refractivity contribution is 5.03. The van der Waals surface area contributed by atoms with Crippen LogP contribution in [0.4, 0.5) is 0 Å².